The molecule has 0 unspecified atom stereocenters. The molecule has 1 saturated heterocycles. The Labute approximate surface area is 181 Å². The van der Waals surface area contributed by atoms with Gasteiger partial charge in [-0.05, 0) is 75.3 Å². The van der Waals surface area contributed by atoms with Crippen LogP contribution in [0.1, 0.15) is 62.8 Å². The minimum atomic E-state index is -0.497. The monoisotopic (exact) mass is 408 g/mol. The lowest BCUT2D eigenvalue weighted by molar-refractivity contribution is -0.128. The zero-order chi connectivity index (χ0) is 21.7. The number of amides is 1. The standard InChI is InChI=1S/C26H36N2O2/c1-6-24(30-25-14-9-18(2)16-20(25)4)26(29)27-21(5)22-10-12-23(13-11-22)28-15-7-8-19(3)17-28/h9-14,16,19,21,24H,6-8,15,17H2,1-5H3,(H,27,29)/t19-,21+,24-/m1/s1. The maximum Gasteiger partial charge on any atom is 0.261 e. The van der Waals surface area contributed by atoms with Crippen LogP contribution in [0.4, 0.5) is 5.69 Å². The summed E-state index contributed by atoms with van der Waals surface area (Å²) in [5, 5.41) is 3.13. The van der Waals surface area contributed by atoms with Gasteiger partial charge < -0.3 is 15.0 Å². The molecule has 4 heteroatoms. The Bertz CT molecular complexity index is 847. The average Bonchev–Trinajstić information content (AvgIpc) is 2.73. The molecule has 1 amide bonds. The number of anilines is 1. The van der Waals surface area contributed by atoms with Crippen LogP contribution in [-0.4, -0.2) is 25.1 Å². The van der Waals surface area contributed by atoms with Crippen molar-refractivity contribution in [2.45, 2.75) is 66.0 Å². The molecule has 0 aliphatic carbocycles. The Morgan fingerprint density at radius 1 is 1.20 bits per heavy atom. The number of aryl methyl sites for hydroxylation is 2. The van der Waals surface area contributed by atoms with Gasteiger partial charge in [0.15, 0.2) is 6.10 Å². The van der Waals surface area contributed by atoms with Crippen LogP contribution in [0.2, 0.25) is 0 Å². The second-order valence-electron chi connectivity index (χ2n) is 8.80. The van der Waals surface area contributed by atoms with E-state index in [-0.39, 0.29) is 11.9 Å². The van der Waals surface area contributed by atoms with E-state index in [9.17, 15) is 4.79 Å². The number of nitrogens with zero attached hydrogens (tertiary/aromatic N) is 1. The van der Waals surface area contributed by atoms with Gasteiger partial charge >= 0.3 is 0 Å². The molecule has 3 atom stereocenters. The Kier molecular flexibility index (Phi) is 7.41. The Hall–Kier alpha value is -2.49. The first kappa shape index (κ1) is 22.2. The number of carbonyl (C=O) groups excluding carboxylic acids is 1. The first-order chi connectivity index (χ1) is 14.4. The molecule has 2 aromatic carbocycles. The predicted octanol–water partition coefficient (Wildman–Crippen LogP) is 5.57. The van der Waals surface area contributed by atoms with Crippen molar-refractivity contribution in [3.8, 4) is 5.75 Å². The fraction of sp³-hybridized carbons (Fsp3) is 0.500. The molecular weight excluding hydrogens is 372 g/mol. The Morgan fingerprint density at radius 3 is 2.57 bits per heavy atom. The Balaban J connectivity index is 1.60. The van der Waals surface area contributed by atoms with Crippen molar-refractivity contribution in [3.63, 3.8) is 0 Å². The maximum absolute atomic E-state index is 12.8. The predicted molar refractivity (Wildman–Crippen MR) is 124 cm³/mol. The largest absolute Gasteiger partial charge is 0.480 e. The lowest BCUT2D eigenvalue weighted by atomic mass is 9.99. The number of piperidine rings is 1. The molecule has 0 radical (unpaired) electrons. The number of hydrogen-bond acceptors (Lipinski definition) is 3. The number of hydrogen-bond donors (Lipinski definition) is 1. The van der Waals surface area contributed by atoms with E-state index >= 15 is 0 Å². The third kappa shape index (κ3) is 5.56. The van der Waals surface area contributed by atoms with Gasteiger partial charge in [0.2, 0.25) is 0 Å². The highest BCUT2D eigenvalue weighted by Gasteiger charge is 2.22. The van der Waals surface area contributed by atoms with Crippen LogP contribution in [0, 0.1) is 19.8 Å². The summed E-state index contributed by atoms with van der Waals surface area (Å²) in [6, 6.07) is 14.6. The van der Waals surface area contributed by atoms with E-state index in [1.165, 1.54) is 24.1 Å². The summed E-state index contributed by atoms with van der Waals surface area (Å²) in [7, 11) is 0. The molecule has 1 aliphatic rings. The molecule has 1 aliphatic heterocycles. The van der Waals surface area contributed by atoms with Gasteiger partial charge in [-0.1, -0.05) is 43.7 Å². The molecular formula is C26H36N2O2. The summed E-state index contributed by atoms with van der Waals surface area (Å²) < 4.78 is 6.04. The summed E-state index contributed by atoms with van der Waals surface area (Å²) in [5.41, 5.74) is 4.62. The highest BCUT2D eigenvalue weighted by Crippen LogP contribution is 2.25. The Morgan fingerprint density at radius 2 is 1.93 bits per heavy atom. The molecule has 0 aromatic heterocycles. The highest BCUT2D eigenvalue weighted by molar-refractivity contribution is 5.81. The van der Waals surface area contributed by atoms with Gasteiger partial charge in [-0.2, -0.15) is 0 Å². The summed E-state index contributed by atoms with van der Waals surface area (Å²) >= 11 is 0. The fourth-order valence-electron chi connectivity index (χ4n) is 4.19. The van der Waals surface area contributed by atoms with E-state index in [0.29, 0.717) is 6.42 Å². The third-order valence-corrected chi connectivity index (χ3v) is 6.04. The highest BCUT2D eigenvalue weighted by atomic mass is 16.5. The molecule has 3 rings (SSSR count). The van der Waals surface area contributed by atoms with Gasteiger partial charge in [-0.3, -0.25) is 4.79 Å². The van der Waals surface area contributed by atoms with Crippen LogP contribution in [0.15, 0.2) is 42.5 Å². The molecule has 0 saturated carbocycles. The second-order valence-corrected chi connectivity index (χ2v) is 8.80. The van der Waals surface area contributed by atoms with Crippen LogP contribution in [-0.2, 0) is 4.79 Å². The van der Waals surface area contributed by atoms with Gasteiger partial charge in [0.25, 0.3) is 5.91 Å². The van der Waals surface area contributed by atoms with Crippen LogP contribution < -0.4 is 15.0 Å². The quantitative estimate of drug-likeness (QED) is 0.651. The van der Waals surface area contributed by atoms with E-state index in [2.05, 4.69) is 54.4 Å². The third-order valence-electron chi connectivity index (χ3n) is 6.04. The number of ether oxygens (including phenoxy) is 1. The molecule has 0 spiro atoms. The number of carbonyl (C=O) groups is 1. The van der Waals surface area contributed by atoms with E-state index in [1.807, 2.05) is 32.9 Å². The molecule has 1 fully saturated rings. The van der Waals surface area contributed by atoms with Gasteiger partial charge in [0.1, 0.15) is 5.75 Å². The van der Waals surface area contributed by atoms with Gasteiger partial charge in [0, 0.05) is 18.8 Å². The van der Waals surface area contributed by atoms with Gasteiger partial charge in [-0.25, -0.2) is 0 Å². The second kappa shape index (κ2) is 10.0. The lowest BCUT2D eigenvalue weighted by Gasteiger charge is -2.33. The SMILES string of the molecule is CC[C@@H](Oc1ccc(C)cc1C)C(=O)N[C@@H](C)c1ccc(N2CCC[C@@H](C)C2)cc1. The van der Waals surface area contributed by atoms with Crippen molar-refractivity contribution in [1.29, 1.82) is 0 Å². The van der Waals surface area contributed by atoms with E-state index in [0.717, 1.165) is 35.9 Å². The topological polar surface area (TPSA) is 41.6 Å². The molecule has 162 valence electrons. The first-order valence-corrected chi connectivity index (χ1v) is 11.3. The fourth-order valence-corrected chi connectivity index (χ4v) is 4.19. The summed E-state index contributed by atoms with van der Waals surface area (Å²) in [5.74, 6) is 1.45. The van der Waals surface area contributed by atoms with Crippen molar-refractivity contribution < 1.29 is 9.53 Å². The maximum atomic E-state index is 12.8. The summed E-state index contributed by atoms with van der Waals surface area (Å²) in [6.45, 7) is 12.7. The normalized spacial score (nSPS) is 18.6. The van der Waals surface area contributed by atoms with Crippen LogP contribution >= 0.6 is 0 Å². The van der Waals surface area contributed by atoms with Crippen molar-refractivity contribution in [2.75, 3.05) is 18.0 Å². The summed E-state index contributed by atoms with van der Waals surface area (Å²) in [4.78, 5) is 15.3. The molecule has 2 aromatic rings. The van der Waals surface area contributed by atoms with Crippen molar-refractivity contribution in [2.24, 2.45) is 5.92 Å². The van der Waals surface area contributed by atoms with Crippen molar-refractivity contribution >= 4 is 11.6 Å². The summed E-state index contributed by atoms with van der Waals surface area (Å²) in [6.07, 6.45) is 2.70. The van der Waals surface area contributed by atoms with E-state index in [4.69, 9.17) is 4.74 Å². The lowest BCUT2D eigenvalue weighted by Crippen LogP contribution is -2.39. The molecule has 4 nitrogen and oxygen atoms in total. The number of nitrogens with one attached hydrogen (secondary N) is 1. The minimum Gasteiger partial charge on any atom is -0.480 e. The van der Waals surface area contributed by atoms with Crippen LogP contribution in [0.3, 0.4) is 0 Å². The van der Waals surface area contributed by atoms with E-state index < -0.39 is 6.10 Å². The molecule has 1 heterocycles. The smallest absolute Gasteiger partial charge is 0.261 e. The van der Waals surface area contributed by atoms with Crippen molar-refractivity contribution in [1.82, 2.24) is 5.32 Å². The average molecular weight is 409 g/mol. The zero-order valence-electron chi connectivity index (χ0n) is 19.1. The molecule has 1 N–H and O–H groups in total. The van der Waals surface area contributed by atoms with Crippen molar-refractivity contribution in [3.05, 3.63) is 59.2 Å². The van der Waals surface area contributed by atoms with Crippen LogP contribution in [0.5, 0.6) is 5.75 Å². The minimum absolute atomic E-state index is 0.0661. The number of rotatable bonds is 7. The van der Waals surface area contributed by atoms with E-state index in [1.54, 1.807) is 0 Å². The first-order valence-electron chi connectivity index (χ1n) is 11.3. The van der Waals surface area contributed by atoms with Crippen LogP contribution in [0.25, 0.3) is 0 Å². The number of benzene rings is 2. The van der Waals surface area contributed by atoms with Gasteiger partial charge in [-0.15, -0.1) is 0 Å². The van der Waals surface area contributed by atoms with Gasteiger partial charge in [0.05, 0.1) is 6.04 Å². The molecule has 30 heavy (non-hydrogen) atoms. The zero-order valence-corrected chi connectivity index (χ0v) is 19.1. The molecule has 0 bridgehead atoms.